The van der Waals surface area contributed by atoms with Crippen LogP contribution < -0.4 is 4.90 Å². The van der Waals surface area contributed by atoms with Gasteiger partial charge in [-0.25, -0.2) is 9.97 Å². The van der Waals surface area contributed by atoms with Crippen LogP contribution >= 0.6 is 11.6 Å². The van der Waals surface area contributed by atoms with Crippen molar-refractivity contribution in [2.75, 3.05) is 18.0 Å². The molecule has 0 bridgehead atoms. The molecule has 0 atom stereocenters. The van der Waals surface area contributed by atoms with E-state index < -0.39 is 0 Å². The Kier molecular flexibility index (Phi) is 3.42. The minimum absolute atomic E-state index is 0.449. The van der Waals surface area contributed by atoms with Gasteiger partial charge in [0, 0.05) is 25.1 Å². The number of hydrogen-bond acceptors (Lipinski definition) is 3. The van der Waals surface area contributed by atoms with E-state index in [1.54, 1.807) is 0 Å². The molecule has 3 nitrogen and oxygen atoms in total. The largest absolute Gasteiger partial charge is 0.356 e. The highest BCUT2D eigenvalue weighted by Gasteiger charge is 2.29. The van der Waals surface area contributed by atoms with Crippen LogP contribution in [0.3, 0.4) is 0 Å². The predicted molar refractivity (Wildman–Crippen MR) is 78.9 cm³/mol. The third-order valence-corrected chi connectivity index (χ3v) is 4.50. The van der Waals surface area contributed by atoms with Crippen LogP contribution in [0.4, 0.5) is 5.82 Å². The van der Waals surface area contributed by atoms with E-state index in [-0.39, 0.29) is 0 Å². The lowest BCUT2D eigenvalue weighted by molar-refractivity contribution is 0.325. The van der Waals surface area contributed by atoms with Gasteiger partial charge in [0.05, 0.1) is 0 Å². The summed E-state index contributed by atoms with van der Waals surface area (Å²) in [6.45, 7) is 6.88. The summed E-state index contributed by atoms with van der Waals surface area (Å²) in [7, 11) is 0. The van der Waals surface area contributed by atoms with E-state index in [0.717, 1.165) is 24.7 Å². The van der Waals surface area contributed by atoms with Gasteiger partial charge < -0.3 is 4.90 Å². The molecule has 2 heterocycles. The van der Waals surface area contributed by atoms with Crippen LogP contribution in [-0.4, -0.2) is 23.1 Å². The van der Waals surface area contributed by atoms with Crippen molar-refractivity contribution in [3.05, 3.63) is 17.0 Å². The van der Waals surface area contributed by atoms with Crippen molar-refractivity contribution in [1.29, 1.82) is 0 Å². The fraction of sp³-hybridized carbons (Fsp3) is 0.733. The summed E-state index contributed by atoms with van der Waals surface area (Å²) in [6.07, 6.45) is 6.16. The summed E-state index contributed by atoms with van der Waals surface area (Å²) in [5.74, 6) is 2.53. The highest BCUT2D eigenvalue weighted by atomic mass is 35.5. The molecule has 1 saturated heterocycles. The van der Waals surface area contributed by atoms with Crippen molar-refractivity contribution in [2.45, 2.75) is 51.9 Å². The number of rotatable bonds is 2. The lowest BCUT2D eigenvalue weighted by Gasteiger charge is -2.24. The Hall–Kier alpha value is -0.830. The minimum Gasteiger partial charge on any atom is -0.356 e. The molecule has 0 aromatic carbocycles. The van der Waals surface area contributed by atoms with E-state index in [1.165, 1.54) is 32.1 Å². The van der Waals surface area contributed by atoms with Gasteiger partial charge in [0.1, 0.15) is 16.8 Å². The van der Waals surface area contributed by atoms with Gasteiger partial charge in [0.15, 0.2) is 0 Å². The van der Waals surface area contributed by atoms with Crippen LogP contribution in [0.2, 0.25) is 5.15 Å². The monoisotopic (exact) mass is 279 g/mol. The second kappa shape index (κ2) is 4.93. The quantitative estimate of drug-likeness (QED) is 0.766. The summed E-state index contributed by atoms with van der Waals surface area (Å²) in [6, 6.07) is 1.92. The van der Waals surface area contributed by atoms with Crippen LogP contribution in [0.1, 0.15) is 57.7 Å². The first kappa shape index (κ1) is 13.2. The topological polar surface area (TPSA) is 29.0 Å². The maximum atomic E-state index is 6.16. The zero-order valence-corrected chi connectivity index (χ0v) is 12.6. The SMILES string of the molecule is CC1(C)CCCN(c2cc(Cl)nc(C3CC3)n2)CC1. The van der Waals surface area contributed by atoms with Crippen molar-refractivity contribution >= 4 is 17.4 Å². The van der Waals surface area contributed by atoms with Gasteiger partial charge in [0.2, 0.25) is 0 Å². The van der Waals surface area contributed by atoms with Crippen molar-refractivity contribution in [1.82, 2.24) is 9.97 Å². The van der Waals surface area contributed by atoms with E-state index in [1.807, 2.05) is 6.07 Å². The number of aromatic nitrogens is 2. The van der Waals surface area contributed by atoms with E-state index in [4.69, 9.17) is 16.6 Å². The Morgan fingerprint density at radius 3 is 2.74 bits per heavy atom. The summed E-state index contributed by atoms with van der Waals surface area (Å²) in [4.78, 5) is 11.5. The molecule has 19 heavy (non-hydrogen) atoms. The molecule has 4 heteroatoms. The van der Waals surface area contributed by atoms with Crippen molar-refractivity contribution in [2.24, 2.45) is 5.41 Å². The molecule has 1 aromatic rings. The Morgan fingerprint density at radius 1 is 1.21 bits per heavy atom. The normalized spacial score (nSPS) is 23.2. The fourth-order valence-corrected chi connectivity index (χ4v) is 2.95. The molecule has 0 N–H and O–H groups in total. The average Bonchev–Trinajstić information content (AvgIpc) is 3.15. The maximum Gasteiger partial charge on any atom is 0.135 e. The molecule has 3 rings (SSSR count). The second-order valence-electron chi connectivity index (χ2n) is 6.69. The summed E-state index contributed by atoms with van der Waals surface area (Å²) < 4.78 is 0. The lowest BCUT2D eigenvalue weighted by atomic mass is 9.85. The Bertz CT molecular complexity index is 468. The number of hydrogen-bond donors (Lipinski definition) is 0. The van der Waals surface area contributed by atoms with Gasteiger partial charge in [-0.2, -0.15) is 0 Å². The van der Waals surface area contributed by atoms with Crippen LogP contribution in [0, 0.1) is 5.41 Å². The standard InChI is InChI=1S/C15H22ClN3/c1-15(2)6-3-8-19(9-7-15)13-10-12(16)17-14(18-13)11-4-5-11/h10-11H,3-9H2,1-2H3. The van der Waals surface area contributed by atoms with Crippen LogP contribution in [0.25, 0.3) is 0 Å². The van der Waals surface area contributed by atoms with Crippen molar-refractivity contribution in [3.8, 4) is 0 Å². The molecule has 104 valence electrons. The lowest BCUT2D eigenvalue weighted by Crippen LogP contribution is -2.26. The van der Waals surface area contributed by atoms with E-state index >= 15 is 0 Å². The van der Waals surface area contributed by atoms with E-state index in [9.17, 15) is 0 Å². The molecule has 0 unspecified atom stereocenters. The smallest absolute Gasteiger partial charge is 0.135 e. The molecular formula is C15H22ClN3. The first-order valence-corrected chi connectivity index (χ1v) is 7.71. The fourth-order valence-electron chi connectivity index (χ4n) is 2.76. The van der Waals surface area contributed by atoms with E-state index in [2.05, 4.69) is 23.7 Å². The first-order chi connectivity index (χ1) is 9.03. The van der Waals surface area contributed by atoms with Gasteiger partial charge in [-0.3, -0.25) is 0 Å². The van der Waals surface area contributed by atoms with Gasteiger partial charge in [-0.05, 0) is 37.5 Å². The first-order valence-electron chi connectivity index (χ1n) is 7.33. The summed E-state index contributed by atoms with van der Waals surface area (Å²) in [5, 5.41) is 0.593. The zero-order chi connectivity index (χ0) is 13.5. The molecule has 0 spiro atoms. The molecule has 1 aromatic heterocycles. The third kappa shape index (κ3) is 3.19. The van der Waals surface area contributed by atoms with Crippen LogP contribution in [-0.2, 0) is 0 Å². The number of anilines is 1. The van der Waals surface area contributed by atoms with Crippen molar-refractivity contribution < 1.29 is 0 Å². The summed E-state index contributed by atoms with van der Waals surface area (Å²) in [5.41, 5.74) is 0.449. The van der Waals surface area contributed by atoms with Gasteiger partial charge in [-0.15, -0.1) is 0 Å². The third-order valence-electron chi connectivity index (χ3n) is 4.31. The molecule has 1 aliphatic heterocycles. The van der Waals surface area contributed by atoms with Gasteiger partial charge in [0.25, 0.3) is 0 Å². The molecule has 0 amide bonds. The molecule has 2 aliphatic rings. The Balaban J connectivity index is 1.81. The van der Waals surface area contributed by atoms with Crippen LogP contribution in [0.5, 0.6) is 0 Å². The Labute approximate surface area is 120 Å². The zero-order valence-electron chi connectivity index (χ0n) is 11.8. The number of nitrogens with zero attached hydrogens (tertiary/aromatic N) is 3. The molecule has 1 aliphatic carbocycles. The predicted octanol–water partition coefficient (Wildman–Crippen LogP) is 4.02. The van der Waals surface area contributed by atoms with Gasteiger partial charge >= 0.3 is 0 Å². The average molecular weight is 280 g/mol. The van der Waals surface area contributed by atoms with E-state index in [0.29, 0.717) is 16.5 Å². The van der Waals surface area contributed by atoms with Crippen molar-refractivity contribution in [3.63, 3.8) is 0 Å². The maximum absolute atomic E-state index is 6.16. The Morgan fingerprint density at radius 2 is 2.00 bits per heavy atom. The molecule has 0 radical (unpaired) electrons. The van der Waals surface area contributed by atoms with Crippen LogP contribution in [0.15, 0.2) is 6.07 Å². The summed E-state index contributed by atoms with van der Waals surface area (Å²) >= 11 is 6.16. The molecule has 2 fully saturated rings. The minimum atomic E-state index is 0.449. The molecular weight excluding hydrogens is 258 g/mol. The highest BCUT2D eigenvalue weighted by molar-refractivity contribution is 6.29. The number of halogens is 1. The second-order valence-corrected chi connectivity index (χ2v) is 7.07. The highest BCUT2D eigenvalue weighted by Crippen LogP contribution is 2.39. The van der Waals surface area contributed by atoms with Gasteiger partial charge in [-0.1, -0.05) is 25.4 Å². The molecule has 1 saturated carbocycles.